The molecule has 150 valence electrons. The number of para-hydroxylation sites is 2. The second-order valence-electron chi connectivity index (χ2n) is 6.98. The lowest BCUT2D eigenvalue weighted by Crippen LogP contribution is -1.83. The molecule has 5 rings (SSSR count). The molecule has 5 aromatic rings. The van der Waals surface area contributed by atoms with Crippen LogP contribution in [0.2, 0.25) is 0 Å². The van der Waals surface area contributed by atoms with E-state index < -0.39 is 0 Å². The van der Waals surface area contributed by atoms with E-state index in [2.05, 4.69) is 22.1 Å². The van der Waals surface area contributed by atoms with Crippen molar-refractivity contribution in [2.45, 2.75) is 0 Å². The minimum Gasteiger partial charge on any atom is -0.235 e. The average molecular weight is 447 g/mol. The number of fused-ring (bicyclic) bond motifs is 2. The molecule has 0 unspecified atom stereocenters. The van der Waals surface area contributed by atoms with Crippen molar-refractivity contribution in [3.8, 4) is 12.1 Å². The highest BCUT2D eigenvalue weighted by atomic mass is 32.1. The predicted octanol–water partition coefficient (Wildman–Crippen LogP) is 7.03. The van der Waals surface area contributed by atoms with Crippen molar-refractivity contribution in [1.82, 2.24) is 9.97 Å². The number of hydrogen-bond acceptors (Lipinski definition) is 6. The summed E-state index contributed by atoms with van der Waals surface area (Å²) in [4.78, 5) is 9.15. The van der Waals surface area contributed by atoms with E-state index >= 15 is 0 Å². The van der Waals surface area contributed by atoms with Crippen LogP contribution in [0.5, 0.6) is 0 Å². The topological polar surface area (TPSA) is 73.4 Å². The van der Waals surface area contributed by atoms with Crippen LogP contribution in [0.4, 0.5) is 0 Å². The van der Waals surface area contributed by atoms with Gasteiger partial charge in [0.1, 0.15) is 22.2 Å². The molecule has 0 aliphatic heterocycles. The Morgan fingerprint density at radius 1 is 0.625 bits per heavy atom. The molecule has 3 aromatic carbocycles. The van der Waals surface area contributed by atoms with Crippen LogP contribution in [0.3, 0.4) is 0 Å². The van der Waals surface area contributed by atoms with Gasteiger partial charge in [-0.25, -0.2) is 9.97 Å². The molecule has 0 fully saturated rings. The van der Waals surface area contributed by atoms with Crippen molar-refractivity contribution in [3.05, 3.63) is 93.9 Å². The monoisotopic (exact) mass is 446 g/mol. The Kier molecular flexibility index (Phi) is 5.31. The summed E-state index contributed by atoms with van der Waals surface area (Å²) < 4.78 is 2.12. The van der Waals surface area contributed by atoms with E-state index in [1.54, 1.807) is 0 Å². The van der Waals surface area contributed by atoms with Crippen LogP contribution in [-0.2, 0) is 0 Å². The van der Waals surface area contributed by atoms with Gasteiger partial charge in [0, 0.05) is 0 Å². The van der Waals surface area contributed by atoms with Gasteiger partial charge in [0.05, 0.1) is 31.6 Å². The molecule has 32 heavy (non-hydrogen) atoms. The SMILES string of the molecule is N#CC(=Cc1ccc(C=C(C#N)c2nc3ccccc3s2)cc1)c1nc2ccccc2s1. The maximum Gasteiger partial charge on any atom is 0.135 e. The van der Waals surface area contributed by atoms with Crippen molar-refractivity contribution >= 4 is 66.4 Å². The Labute approximate surface area is 192 Å². The van der Waals surface area contributed by atoms with Crippen LogP contribution >= 0.6 is 22.7 Å². The molecule has 0 saturated heterocycles. The number of nitrogens with zero attached hydrogens (tertiary/aromatic N) is 4. The molecule has 0 aliphatic carbocycles. The summed E-state index contributed by atoms with van der Waals surface area (Å²) in [6.07, 6.45) is 3.67. The first kappa shape index (κ1) is 19.8. The van der Waals surface area contributed by atoms with E-state index in [1.807, 2.05) is 84.9 Å². The molecule has 0 bridgehead atoms. The smallest absolute Gasteiger partial charge is 0.135 e. The molecule has 2 aromatic heterocycles. The van der Waals surface area contributed by atoms with Gasteiger partial charge in [0.15, 0.2) is 0 Å². The Balaban J connectivity index is 1.43. The summed E-state index contributed by atoms with van der Waals surface area (Å²) >= 11 is 3.02. The largest absolute Gasteiger partial charge is 0.235 e. The number of aromatic nitrogens is 2. The molecule has 0 spiro atoms. The highest BCUT2D eigenvalue weighted by Gasteiger charge is 2.10. The Bertz CT molecular complexity index is 1400. The Morgan fingerprint density at radius 2 is 1.03 bits per heavy atom. The molecule has 0 aliphatic rings. The summed E-state index contributed by atoms with van der Waals surface area (Å²) in [7, 11) is 0. The van der Waals surface area contributed by atoms with E-state index in [-0.39, 0.29) is 0 Å². The summed E-state index contributed by atoms with van der Waals surface area (Å²) in [6, 6.07) is 28.0. The predicted molar refractivity (Wildman–Crippen MR) is 133 cm³/mol. The fourth-order valence-electron chi connectivity index (χ4n) is 3.28. The van der Waals surface area contributed by atoms with Crippen LogP contribution in [-0.4, -0.2) is 9.97 Å². The molecular formula is C26H14N4S2. The van der Waals surface area contributed by atoms with Gasteiger partial charge in [-0.15, -0.1) is 22.7 Å². The summed E-state index contributed by atoms with van der Waals surface area (Å²) in [5.41, 5.74) is 4.65. The lowest BCUT2D eigenvalue weighted by Gasteiger charge is -1.99. The molecule has 0 amide bonds. The first-order valence-corrected chi connectivity index (χ1v) is 11.4. The van der Waals surface area contributed by atoms with E-state index in [0.717, 1.165) is 31.6 Å². The zero-order chi connectivity index (χ0) is 21.9. The fourth-order valence-corrected chi connectivity index (χ4v) is 5.14. The van der Waals surface area contributed by atoms with Gasteiger partial charge in [-0.1, -0.05) is 48.5 Å². The highest BCUT2D eigenvalue weighted by molar-refractivity contribution is 7.20. The zero-order valence-corrected chi connectivity index (χ0v) is 18.3. The van der Waals surface area contributed by atoms with Crippen LogP contribution in [0, 0.1) is 22.7 Å². The second-order valence-corrected chi connectivity index (χ2v) is 9.04. The molecule has 0 N–H and O–H groups in total. The summed E-state index contributed by atoms with van der Waals surface area (Å²) in [5.74, 6) is 0. The third kappa shape index (κ3) is 3.93. The number of nitriles is 2. The van der Waals surface area contributed by atoms with Crippen LogP contribution in [0.1, 0.15) is 21.1 Å². The molecule has 0 saturated carbocycles. The van der Waals surface area contributed by atoms with Gasteiger partial charge < -0.3 is 0 Å². The fraction of sp³-hybridized carbons (Fsp3) is 0. The minimum absolute atomic E-state index is 0.529. The number of thiazole rings is 2. The zero-order valence-electron chi connectivity index (χ0n) is 16.7. The summed E-state index contributed by atoms with van der Waals surface area (Å²) in [6.45, 7) is 0. The van der Waals surface area contributed by atoms with E-state index in [9.17, 15) is 10.5 Å². The van der Waals surface area contributed by atoms with Gasteiger partial charge in [-0.2, -0.15) is 10.5 Å². The van der Waals surface area contributed by atoms with Gasteiger partial charge in [-0.05, 0) is 47.5 Å². The highest BCUT2D eigenvalue weighted by Crippen LogP contribution is 2.29. The Morgan fingerprint density at radius 3 is 1.41 bits per heavy atom. The number of allylic oxidation sites excluding steroid dienone is 2. The minimum atomic E-state index is 0.529. The normalized spacial score (nSPS) is 12.1. The maximum atomic E-state index is 9.65. The average Bonchev–Trinajstić information content (AvgIpc) is 3.46. The Hall–Kier alpha value is -4.10. The van der Waals surface area contributed by atoms with Crippen molar-refractivity contribution in [3.63, 3.8) is 0 Å². The van der Waals surface area contributed by atoms with Crippen LogP contribution in [0.25, 0.3) is 43.7 Å². The standard InChI is InChI=1S/C26H14N4S2/c27-15-19(25-29-21-5-1-3-7-23(21)31-25)13-17-9-11-18(12-10-17)14-20(16-28)26-30-22-6-2-4-8-24(22)32-26/h1-14H. The van der Waals surface area contributed by atoms with E-state index in [0.29, 0.717) is 21.2 Å². The van der Waals surface area contributed by atoms with Gasteiger partial charge in [-0.3, -0.25) is 0 Å². The maximum absolute atomic E-state index is 9.65. The first-order valence-electron chi connectivity index (χ1n) is 9.79. The van der Waals surface area contributed by atoms with Crippen molar-refractivity contribution in [1.29, 1.82) is 10.5 Å². The number of rotatable bonds is 4. The molecule has 0 atom stereocenters. The van der Waals surface area contributed by atoms with Crippen molar-refractivity contribution in [2.24, 2.45) is 0 Å². The third-order valence-corrected chi connectivity index (χ3v) is 6.99. The van der Waals surface area contributed by atoms with Crippen LogP contribution in [0.15, 0.2) is 72.8 Å². The molecule has 2 heterocycles. The second kappa shape index (κ2) is 8.56. The first-order chi connectivity index (χ1) is 15.7. The van der Waals surface area contributed by atoms with E-state index in [4.69, 9.17) is 0 Å². The van der Waals surface area contributed by atoms with Crippen LogP contribution < -0.4 is 0 Å². The molecule has 0 radical (unpaired) electrons. The van der Waals surface area contributed by atoms with Crippen molar-refractivity contribution < 1.29 is 0 Å². The quantitative estimate of drug-likeness (QED) is 0.278. The lowest BCUT2D eigenvalue weighted by molar-refractivity contribution is 1.43. The molecule has 6 heteroatoms. The molecule has 4 nitrogen and oxygen atoms in total. The van der Waals surface area contributed by atoms with Crippen molar-refractivity contribution in [2.75, 3.05) is 0 Å². The summed E-state index contributed by atoms with van der Waals surface area (Å²) in [5, 5.41) is 20.7. The van der Waals surface area contributed by atoms with Gasteiger partial charge >= 0.3 is 0 Å². The molecular weight excluding hydrogens is 432 g/mol. The third-order valence-electron chi connectivity index (χ3n) is 4.85. The number of hydrogen-bond donors (Lipinski definition) is 0. The lowest BCUT2D eigenvalue weighted by atomic mass is 10.1. The van der Waals surface area contributed by atoms with Gasteiger partial charge in [0.25, 0.3) is 0 Å². The van der Waals surface area contributed by atoms with E-state index in [1.165, 1.54) is 22.7 Å². The number of benzene rings is 3. The van der Waals surface area contributed by atoms with Gasteiger partial charge in [0.2, 0.25) is 0 Å².